The van der Waals surface area contributed by atoms with Crippen molar-refractivity contribution in [2.45, 2.75) is 25.8 Å². The SMILES string of the molecule is CC(Nc1cc(-c2cnc(NC(=O)C3CC3)cn2)ccc1C#N)C(=O)NCCO. The number of anilines is 2. The van der Waals surface area contributed by atoms with Crippen LogP contribution in [-0.4, -0.2) is 46.1 Å². The Morgan fingerprint density at radius 3 is 2.72 bits per heavy atom. The molecule has 29 heavy (non-hydrogen) atoms. The molecular formula is C20H22N6O3. The molecule has 1 heterocycles. The predicted octanol–water partition coefficient (Wildman–Crippen LogP) is 1.27. The van der Waals surface area contributed by atoms with Gasteiger partial charge in [0, 0.05) is 18.0 Å². The number of amides is 2. The average molecular weight is 394 g/mol. The standard InChI is InChI=1S/C20H22N6O3/c1-12(19(28)22-6-7-27)25-16-8-14(4-5-15(16)9-21)17-10-24-18(11-23-17)26-20(29)13-2-3-13/h4-5,8,10-13,25,27H,2-3,6-7H2,1H3,(H,22,28)(H,24,26,29). The van der Waals surface area contributed by atoms with Crippen LogP contribution in [-0.2, 0) is 9.59 Å². The Kier molecular flexibility index (Phi) is 6.36. The summed E-state index contributed by atoms with van der Waals surface area (Å²) in [6.45, 7) is 1.68. The van der Waals surface area contributed by atoms with Gasteiger partial charge in [-0.05, 0) is 31.9 Å². The van der Waals surface area contributed by atoms with Gasteiger partial charge < -0.3 is 21.1 Å². The molecule has 9 heteroatoms. The van der Waals surface area contributed by atoms with Gasteiger partial charge in [0.05, 0.1) is 35.9 Å². The van der Waals surface area contributed by atoms with Gasteiger partial charge in [-0.15, -0.1) is 0 Å². The molecule has 2 amide bonds. The van der Waals surface area contributed by atoms with Crippen LogP contribution in [0.15, 0.2) is 30.6 Å². The van der Waals surface area contributed by atoms with Gasteiger partial charge in [-0.3, -0.25) is 14.6 Å². The summed E-state index contributed by atoms with van der Waals surface area (Å²) >= 11 is 0. The minimum Gasteiger partial charge on any atom is -0.395 e. The molecule has 2 aromatic rings. The highest BCUT2D eigenvalue weighted by Gasteiger charge is 2.29. The van der Waals surface area contributed by atoms with Gasteiger partial charge in [0.25, 0.3) is 0 Å². The molecule has 9 nitrogen and oxygen atoms in total. The topological polar surface area (TPSA) is 140 Å². The zero-order valence-electron chi connectivity index (χ0n) is 16.0. The van der Waals surface area contributed by atoms with E-state index in [1.54, 1.807) is 31.3 Å². The van der Waals surface area contributed by atoms with Gasteiger partial charge in [-0.25, -0.2) is 4.98 Å². The molecule has 0 radical (unpaired) electrons. The van der Waals surface area contributed by atoms with E-state index < -0.39 is 6.04 Å². The lowest BCUT2D eigenvalue weighted by Gasteiger charge is -2.16. The predicted molar refractivity (Wildman–Crippen MR) is 107 cm³/mol. The molecule has 1 fully saturated rings. The summed E-state index contributed by atoms with van der Waals surface area (Å²) in [5, 5.41) is 26.5. The number of aliphatic hydroxyl groups is 1. The maximum absolute atomic E-state index is 12.0. The van der Waals surface area contributed by atoms with E-state index in [2.05, 4.69) is 32.0 Å². The molecule has 1 aliphatic carbocycles. The molecule has 1 saturated carbocycles. The number of aliphatic hydroxyl groups excluding tert-OH is 1. The van der Waals surface area contributed by atoms with Gasteiger partial charge in [0.1, 0.15) is 12.1 Å². The van der Waals surface area contributed by atoms with Crippen LogP contribution in [0, 0.1) is 17.2 Å². The highest BCUT2D eigenvalue weighted by atomic mass is 16.3. The van der Waals surface area contributed by atoms with Crippen molar-refractivity contribution in [2.24, 2.45) is 5.92 Å². The first kappa shape index (κ1) is 20.2. The van der Waals surface area contributed by atoms with Crippen molar-refractivity contribution < 1.29 is 14.7 Å². The Labute approximate surface area is 168 Å². The second-order valence-electron chi connectivity index (χ2n) is 6.80. The number of hydrogen-bond donors (Lipinski definition) is 4. The van der Waals surface area contributed by atoms with Crippen molar-refractivity contribution in [3.63, 3.8) is 0 Å². The summed E-state index contributed by atoms with van der Waals surface area (Å²) in [5.41, 5.74) is 2.16. The van der Waals surface area contributed by atoms with Gasteiger partial charge in [-0.1, -0.05) is 6.07 Å². The zero-order chi connectivity index (χ0) is 20.8. The van der Waals surface area contributed by atoms with E-state index in [4.69, 9.17) is 5.11 Å². The minimum absolute atomic E-state index is 0.0367. The Hall–Kier alpha value is -3.51. The second-order valence-corrected chi connectivity index (χ2v) is 6.80. The number of benzene rings is 1. The van der Waals surface area contributed by atoms with Gasteiger partial charge in [0.15, 0.2) is 5.82 Å². The third-order valence-electron chi connectivity index (χ3n) is 4.46. The molecule has 1 unspecified atom stereocenters. The number of nitrogens with zero attached hydrogens (tertiary/aromatic N) is 3. The van der Waals surface area contributed by atoms with E-state index >= 15 is 0 Å². The smallest absolute Gasteiger partial charge is 0.242 e. The molecule has 0 saturated heterocycles. The number of nitriles is 1. The summed E-state index contributed by atoms with van der Waals surface area (Å²) < 4.78 is 0. The number of carbonyl (C=O) groups excluding carboxylic acids is 2. The van der Waals surface area contributed by atoms with Crippen LogP contribution in [0.3, 0.4) is 0 Å². The monoisotopic (exact) mass is 394 g/mol. The number of hydrogen-bond acceptors (Lipinski definition) is 7. The quantitative estimate of drug-likeness (QED) is 0.528. The Bertz CT molecular complexity index is 934. The fourth-order valence-electron chi connectivity index (χ4n) is 2.67. The van der Waals surface area contributed by atoms with E-state index in [-0.39, 0.29) is 30.9 Å². The Morgan fingerprint density at radius 1 is 1.31 bits per heavy atom. The molecule has 150 valence electrons. The summed E-state index contributed by atoms with van der Waals surface area (Å²) in [5.74, 6) is 0.154. The average Bonchev–Trinajstić information content (AvgIpc) is 3.58. The van der Waals surface area contributed by atoms with Crippen LogP contribution in [0.2, 0.25) is 0 Å². The third kappa shape index (κ3) is 5.27. The summed E-state index contributed by atoms with van der Waals surface area (Å²) in [7, 11) is 0. The number of carbonyl (C=O) groups is 2. The first-order valence-corrected chi connectivity index (χ1v) is 9.34. The summed E-state index contributed by atoms with van der Waals surface area (Å²) in [6.07, 6.45) is 4.86. The number of nitrogens with one attached hydrogen (secondary N) is 3. The fraction of sp³-hybridized carbons (Fsp3) is 0.350. The molecule has 1 aromatic carbocycles. The second kappa shape index (κ2) is 9.12. The number of aromatic nitrogens is 2. The molecule has 1 atom stereocenters. The van der Waals surface area contributed by atoms with Crippen LogP contribution in [0.4, 0.5) is 11.5 Å². The first-order chi connectivity index (χ1) is 14.0. The minimum atomic E-state index is -0.602. The maximum atomic E-state index is 12.0. The van der Waals surface area contributed by atoms with Crippen LogP contribution in [0.25, 0.3) is 11.3 Å². The van der Waals surface area contributed by atoms with Crippen LogP contribution in [0.5, 0.6) is 0 Å². The molecule has 0 aliphatic heterocycles. The van der Waals surface area contributed by atoms with Crippen molar-refractivity contribution in [1.82, 2.24) is 15.3 Å². The largest absolute Gasteiger partial charge is 0.395 e. The third-order valence-corrected chi connectivity index (χ3v) is 4.46. The van der Waals surface area contributed by atoms with Crippen LogP contribution < -0.4 is 16.0 Å². The van der Waals surface area contributed by atoms with Crippen LogP contribution in [0.1, 0.15) is 25.3 Å². The lowest BCUT2D eigenvalue weighted by Crippen LogP contribution is -2.39. The fourth-order valence-corrected chi connectivity index (χ4v) is 2.67. The lowest BCUT2D eigenvalue weighted by atomic mass is 10.1. The van der Waals surface area contributed by atoms with Crippen molar-refractivity contribution in [2.75, 3.05) is 23.8 Å². The zero-order valence-corrected chi connectivity index (χ0v) is 16.0. The van der Waals surface area contributed by atoms with Crippen molar-refractivity contribution in [1.29, 1.82) is 5.26 Å². The van der Waals surface area contributed by atoms with E-state index in [1.165, 1.54) is 6.20 Å². The molecule has 3 rings (SSSR count). The van der Waals surface area contributed by atoms with Crippen LogP contribution >= 0.6 is 0 Å². The molecule has 0 bridgehead atoms. The van der Waals surface area contributed by atoms with E-state index in [9.17, 15) is 14.9 Å². The first-order valence-electron chi connectivity index (χ1n) is 9.34. The summed E-state index contributed by atoms with van der Waals surface area (Å²) in [4.78, 5) is 32.4. The van der Waals surface area contributed by atoms with E-state index in [1.807, 2.05) is 0 Å². The highest BCUT2D eigenvalue weighted by Crippen LogP contribution is 2.30. The maximum Gasteiger partial charge on any atom is 0.242 e. The van der Waals surface area contributed by atoms with Gasteiger partial charge >= 0.3 is 0 Å². The van der Waals surface area contributed by atoms with Crippen molar-refractivity contribution in [3.05, 3.63) is 36.2 Å². The lowest BCUT2D eigenvalue weighted by molar-refractivity contribution is -0.121. The summed E-state index contributed by atoms with van der Waals surface area (Å²) in [6, 6.07) is 6.59. The Balaban J connectivity index is 1.74. The molecule has 4 N–H and O–H groups in total. The van der Waals surface area contributed by atoms with E-state index in [0.717, 1.165) is 12.8 Å². The van der Waals surface area contributed by atoms with E-state index in [0.29, 0.717) is 28.3 Å². The van der Waals surface area contributed by atoms with Gasteiger partial charge in [0.2, 0.25) is 11.8 Å². The molecule has 1 aliphatic rings. The molecule has 0 spiro atoms. The highest BCUT2D eigenvalue weighted by molar-refractivity contribution is 5.93. The normalized spacial score (nSPS) is 13.8. The Morgan fingerprint density at radius 2 is 2.10 bits per heavy atom. The molecule has 1 aromatic heterocycles. The van der Waals surface area contributed by atoms with Gasteiger partial charge in [-0.2, -0.15) is 5.26 Å². The number of rotatable bonds is 8. The molecular weight excluding hydrogens is 372 g/mol. The van der Waals surface area contributed by atoms with Crippen molar-refractivity contribution in [3.8, 4) is 17.3 Å². The van der Waals surface area contributed by atoms with Crippen molar-refractivity contribution >= 4 is 23.3 Å².